The van der Waals surface area contributed by atoms with E-state index in [4.69, 9.17) is 14.2 Å². The van der Waals surface area contributed by atoms with Crippen molar-refractivity contribution in [3.05, 3.63) is 35.9 Å². The van der Waals surface area contributed by atoms with Crippen LogP contribution in [0.4, 0.5) is 4.79 Å². The maximum Gasteiger partial charge on any atom is 0.407 e. The van der Waals surface area contributed by atoms with E-state index in [1.807, 2.05) is 30.3 Å². The SMILES string of the molecule is O=C(N[C@@H]1CCC2(C[C@H]1CO)OCCO2)OCc1ccccc1. The molecule has 3 rings (SSSR count). The van der Waals surface area contributed by atoms with Crippen LogP contribution in [0.5, 0.6) is 0 Å². The Kier molecular flexibility index (Phi) is 5.15. The molecule has 0 radical (unpaired) electrons. The molecule has 126 valence electrons. The van der Waals surface area contributed by atoms with Crippen LogP contribution >= 0.6 is 0 Å². The first kappa shape index (κ1) is 16.2. The predicted molar refractivity (Wildman–Crippen MR) is 82.6 cm³/mol. The summed E-state index contributed by atoms with van der Waals surface area (Å²) in [5.41, 5.74) is 0.941. The molecule has 0 unspecified atom stereocenters. The molecule has 1 heterocycles. The first-order chi connectivity index (χ1) is 11.2. The van der Waals surface area contributed by atoms with Crippen LogP contribution < -0.4 is 5.32 Å². The van der Waals surface area contributed by atoms with Gasteiger partial charge in [0.2, 0.25) is 0 Å². The van der Waals surface area contributed by atoms with Crippen molar-refractivity contribution in [1.82, 2.24) is 5.32 Å². The van der Waals surface area contributed by atoms with Gasteiger partial charge >= 0.3 is 6.09 Å². The number of benzene rings is 1. The molecule has 1 spiro atoms. The molecule has 1 aromatic carbocycles. The number of aliphatic hydroxyl groups is 1. The zero-order valence-electron chi connectivity index (χ0n) is 13.1. The fourth-order valence-corrected chi connectivity index (χ4v) is 3.31. The summed E-state index contributed by atoms with van der Waals surface area (Å²) in [6.07, 6.45) is 1.55. The molecule has 1 aromatic rings. The van der Waals surface area contributed by atoms with Gasteiger partial charge in [0.05, 0.1) is 13.2 Å². The zero-order chi connectivity index (χ0) is 16.1. The lowest BCUT2D eigenvalue weighted by molar-refractivity contribution is -0.193. The molecule has 0 bridgehead atoms. The summed E-state index contributed by atoms with van der Waals surface area (Å²) >= 11 is 0. The Bertz CT molecular complexity index is 515. The third-order valence-corrected chi connectivity index (χ3v) is 4.54. The number of hydrogen-bond acceptors (Lipinski definition) is 5. The summed E-state index contributed by atoms with van der Waals surface area (Å²) in [5.74, 6) is -0.661. The quantitative estimate of drug-likeness (QED) is 0.884. The van der Waals surface area contributed by atoms with E-state index >= 15 is 0 Å². The molecule has 2 aliphatic rings. The van der Waals surface area contributed by atoms with Crippen LogP contribution in [0, 0.1) is 5.92 Å². The molecule has 1 aliphatic carbocycles. The molecular weight excluding hydrogens is 298 g/mol. The van der Waals surface area contributed by atoms with E-state index in [1.54, 1.807) is 0 Å². The highest BCUT2D eigenvalue weighted by Crippen LogP contribution is 2.38. The van der Waals surface area contributed by atoms with E-state index in [9.17, 15) is 9.90 Å². The van der Waals surface area contributed by atoms with Gasteiger partial charge in [-0.2, -0.15) is 0 Å². The number of hydrogen-bond donors (Lipinski definition) is 2. The first-order valence-corrected chi connectivity index (χ1v) is 8.07. The lowest BCUT2D eigenvalue weighted by atomic mass is 9.81. The lowest BCUT2D eigenvalue weighted by Crippen LogP contribution is -2.50. The highest BCUT2D eigenvalue weighted by Gasteiger charge is 2.45. The van der Waals surface area contributed by atoms with Gasteiger partial charge in [-0.25, -0.2) is 4.79 Å². The molecule has 23 heavy (non-hydrogen) atoms. The van der Waals surface area contributed by atoms with Gasteiger partial charge in [0.25, 0.3) is 0 Å². The van der Waals surface area contributed by atoms with Crippen molar-refractivity contribution in [2.24, 2.45) is 5.92 Å². The van der Waals surface area contributed by atoms with E-state index in [2.05, 4.69) is 5.32 Å². The summed E-state index contributed by atoms with van der Waals surface area (Å²) in [6, 6.07) is 9.41. The van der Waals surface area contributed by atoms with Crippen molar-refractivity contribution in [2.45, 2.75) is 37.7 Å². The van der Waals surface area contributed by atoms with Gasteiger partial charge in [0.15, 0.2) is 5.79 Å². The standard InChI is InChI=1S/C17H23NO5/c19-11-14-10-17(22-8-9-23-17)7-6-15(14)18-16(20)21-12-13-4-2-1-3-5-13/h1-5,14-15,19H,6-12H2,(H,18,20)/t14-,15+/m0/s1. The first-order valence-electron chi connectivity index (χ1n) is 8.07. The molecule has 2 N–H and O–H groups in total. The summed E-state index contributed by atoms with van der Waals surface area (Å²) < 4.78 is 16.6. The minimum absolute atomic E-state index is 0.0158. The fourth-order valence-electron chi connectivity index (χ4n) is 3.31. The van der Waals surface area contributed by atoms with Crippen LogP contribution in [-0.4, -0.2) is 42.8 Å². The van der Waals surface area contributed by atoms with Crippen LogP contribution in [0.3, 0.4) is 0 Å². The van der Waals surface area contributed by atoms with Crippen LogP contribution in [0.25, 0.3) is 0 Å². The summed E-state index contributed by atoms with van der Waals surface area (Å²) in [6.45, 7) is 1.40. The van der Waals surface area contributed by atoms with Crippen molar-refractivity contribution in [2.75, 3.05) is 19.8 Å². The number of rotatable bonds is 4. The number of amides is 1. The second-order valence-electron chi connectivity index (χ2n) is 6.11. The van der Waals surface area contributed by atoms with Crippen LogP contribution in [0.2, 0.25) is 0 Å². The Morgan fingerprint density at radius 2 is 2.04 bits per heavy atom. The minimum atomic E-state index is -0.570. The molecule has 1 aliphatic heterocycles. The van der Waals surface area contributed by atoms with Crippen LogP contribution in [0.15, 0.2) is 30.3 Å². The number of aliphatic hydroxyl groups excluding tert-OH is 1. The van der Waals surface area contributed by atoms with Crippen LogP contribution in [0.1, 0.15) is 24.8 Å². The van der Waals surface area contributed by atoms with E-state index < -0.39 is 11.9 Å². The van der Waals surface area contributed by atoms with Gasteiger partial charge < -0.3 is 24.6 Å². The smallest absolute Gasteiger partial charge is 0.407 e. The van der Waals surface area contributed by atoms with E-state index in [0.717, 1.165) is 5.56 Å². The highest BCUT2D eigenvalue weighted by atomic mass is 16.7. The monoisotopic (exact) mass is 321 g/mol. The summed E-state index contributed by atoms with van der Waals surface area (Å²) in [4.78, 5) is 12.0. The van der Waals surface area contributed by atoms with Crippen molar-refractivity contribution in [3.8, 4) is 0 Å². The Hall–Kier alpha value is -1.63. The summed E-state index contributed by atoms with van der Waals surface area (Å²) in [7, 11) is 0. The molecule has 0 aromatic heterocycles. The molecule has 1 saturated carbocycles. The number of nitrogens with one attached hydrogen (secondary N) is 1. The Morgan fingerprint density at radius 3 is 2.74 bits per heavy atom. The second kappa shape index (κ2) is 7.29. The second-order valence-corrected chi connectivity index (χ2v) is 6.11. The van der Waals surface area contributed by atoms with Crippen molar-refractivity contribution >= 4 is 6.09 Å². The number of alkyl carbamates (subject to hydrolysis) is 1. The highest BCUT2D eigenvalue weighted by molar-refractivity contribution is 5.67. The summed E-state index contributed by atoms with van der Waals surface area (Å²) in [5, 5.41) is 12.5. The topological polar surface area (TPSA) is 77.0 Å². The van der Waals surface area contributed by atoms with Gasteiger partial charge in [-0.05, 0) is 12.0 Å². The lowest BCUT2D eigenvalue weighted by Gasteiger charge is -2.40. The molecule has 1 saturated heterocycles. The van der Waals surface area contributed by atoms with Gasteiger partial charge in [-0.1, -0.05) is 30.3 Å². The molecule has 2 fully saturated rings. The van der Waals surface area contributed by atoms with Gasteiger partial charge in [-0.3, -0.25) is 0 Å². The van der Waals surface area contributed by atoms with Crippen molar-refractivity contribution in [1.29, 1.82) is 0 Å². The largest absolute Gasteiger partial charge is 0.445 e. The minimum Gasteiger partial charge on any atom is -0.445 e. The predicted octanol–water partition coefficient (Wildman–Crippen LogP) is 1.82. The van der Waals surface area contributed by atoms with E-state index in [-0.39, 0.29) is 25.2 Å². The molecule has 6 heteroatoms. The van der Waals surface area contributed by atoms with Gasteiger partial charge in [0, 0.05) is 31.4 Å². The third kappa shape index (κ3) is 4.02. The normalized spacial score (nSPS) is 26.1. The van der Waals surface area contributed by atoms with Crippen molar-refractivity contribution < 1.29 is 24.1 Å². The maximum absolute atomic E-state index is 12.0. The number of ether oxygens (including phenoxy) is 3. The Morgan fingerprint density at radius 1 is 1.30 bits per heavy atom. The molecule has 1 amide bonds. The zero-order valence-corrected chi connectivity index (χ0v) is 13.1. The Labute approximate surface area is 135 Å². The number of carbonyl (C=O) groups is 1. The van der Waals surface area contributed by atoms with Gasteiger partial charge in [0.1, 0.15) is 6.61 Å². The average molecular weight is 321 g/mol. The Balaban J connectivity index is 1.49. The fraction of sp³-hybridized carbons (Fsp3) is 0.588. The van der Waals surface area contributed by atoms with E-state index in [1.165, 1.54) is 0 Å². The van der Waals surface area contributed by atoms with E-state index in [0.29, 0.717) is 32.5 Å². The van der Waals surface area contributed by atoms with Crippen LogP contribution in [-0.2, 0) is 20.8 Å². The molecular formula is C17H23NO5. The third-order valence-electron chi connectivity index (χ3n) is 4.54. The molecule has 2 atom stereocenters. The number of carbonyl (C=O) groups excluding carboxylic acids is 1. The maximum atomic E-state index is 12.0. The van der Waals surface area contributed by atoms with Gasteiger partial charge in [-0.15, -0.1) is 0 Å². The van der Waals surface area contributed by atoms with Crippen molar-refractivity contribution in [3.63, 3.8) is 0 Å². The average Bonchev–Trinajstić information content (AvgIpc) is 3.04. The molecule has 6 nitrogen and oxygen atoms in total.